The van der Waals surface area contributed by atoms with Crippen LogP contribution >= 0.6 is 0 Å². The van der Waals surface area contributed by atoms with Crippen LogP contribution in [-0.2, 0) is 14.6 Å². The molecule has 0 amide bonds. The molecule has 0 N–H and O–H groups in total. The van der Waals surface area contributed by atoms with Gasteiger partial charge >= 0.3 is 0 Å². The van der Waals surface area contributed by atoms with E-state index in [9.17, 15) is 13.2 Å². The summed E-state index contributed by atoms with van der Waals surface area (Å²) in [6, 6.07) is 0. The Morgan fingerprint density at radius 2 is 1.71 bits per heavy atom. The molecule has 0 bridgehead atoms. The van der Waals surface area contributed by atoms with Crippen LogP contribution in [0, 0.1) is 5.41 Å². The van der Waals surface area contributed by atoms with Crippen molar-refractivity contribution in [3.8, 4) is 0 Å². The zero-order chi connectivity index (χ0) is 11.6. The molecule has 1 atom stereocenters. The van der Waals surface area contributed by atoms with Crippen molar-refractivity contribution in [3.63, 3.8) is 0 Å². The summed E-state index contributed by atoms with van der Waals surface area (Å²) in [5.41, 5.74) is -0.389. The zero-order valence-corrected chi connectivity index (χ0v) is 10.2. The summed E-state index contributed by atoms with van der Waals surface area (Å²) in [5, 5.41) is -0.612. The molecule has 0 aliphatic carbocycles. The Hall–Kier alpha value is -0.640. The van der Waals surface area contributed by atoms with E-state index in [-0.39, 0.29) is 11.2 Å². The molecule has 0 aliphatic rings. The van der Waals surface area contributed by atoms with Crippen molar-refractivity contribution in [2.75, 3.05) is 6.26 Å². The smallest absolute Gasteiger partial charge is 0.154 e. The SMILES string of the molecule is CC(=O)/C=C/C(C(C)(C)C)S(C)(=O)=O. The van der Waals surface area contributed by atoms with Crippen LogP contribution in [-0.4, -0.2) is 25.7 Å². The van der Waals surface area contributed by atoms with E-state index in [1.807, 2.05) is 20.8 Å². The van der Waals surface area contributed by atoms with Crippen LogP contribution in [0.1, 0.15) is 27.7 Å². The number of hydrogen-bond donors (Lipinski definition) is 0. The molecule has 0 radical (unpaired) electrons. The lowest BCUT2D eigenvalue weighted by atomic mass is 9.91. The normalized spacial score (nSPS) is 15.8. The first-order valence-electron chi connectivity index (χ1n) is 4.43. The first-order valence-corrected chi connectivity index (χ1v) is 6.38. The minimum atomic E-state index is -3.16. The average Bonchev–Trinajstić information content (AvgIpc) is 1.78. The lowest BCUT2D eigenvalue weighted by Gasteiger charge is -2.26. The predicted octanol–water partition coefficient (Wildman–Crippen LogP) is 1.59. The molecule has 3 nitrogen and oxygen atoms in total. The monoisotopic (exact) mass is 218 g/mol. The summed E-state index contributed by atoms with van der Waals surface area (Å²) in [6.45, 7) is 6.91. The fraction of sp³-hybridized carbons (Fsp3) is 0.700. The summed E-state index contributed by atoms with van der Waals surface area (Å²) in [4.78, 5) is 10.7. The van der Waals surface area contributed by atoms with Gasteiger partial charge in [-0.25, -0.2) is 8.42 Å². The fourth-order valence-corrected chi connectivity index (χ4v) is 2.94. The second-order valence-corrected chi connectivity index (χ2v) is 6.75. The van der Waals surface area contributed by atoms with Gasteiger partial charge in [-0.15, -0.1) is 0 Å². The van der Waals surface area contributed by atoms with E-state index >= 15 is 0 Å². The summed E-state index contributed by atoms with van der Waals surface area (Å²) in [5.74, 6) is -0.136. The molecule has 82 valence electrons. The third kappa shape index (κ3) is 4.56. The number of carbonyl (C=O) groups is 1. The van der Waals surface area contributed by atoms with Gasteiger partial charge in [-0.05, 0) is 18.4 Å². The number of sulfone groups is 1. The van der Waals surface area contributed by atoms with Crippen molar-refractivity contribution in [1.82, 2.24) is 0 Å². The van der Waals surface area contributed by atoms with E-state index in [0.717, 1.165) is 0 Å². The van der Waals surface area contributed by atoms with Gasteiger partial charge in [0.05, 0.1) is 5.25 Å². The van der Waals surface area contributed by atoms with E-state index in [2.05, 4.69) is 0 Å². The van der Waals surface area contributed by atoms with Crippen LogP contribution in [0.2, 0.25) is 0 Å². The molecule has 4 heteroatoms. The maximum atomic E-state index is 11.4. The number of allylic oxidation sites excluding steroid dienone is 1. The standard InChI is InChI=1S/C10H18O3S/c1-8(11)6-7-9(10(2,3)4)14(5,12)13/h6-7,9H,1-5H3/b7-6+. The molecule has 0 fully saturated rings. The quantitative estimate of drug-likeness (QED) is 0.676. The van der Waals surface area contributed by atoms with Gasteiger partial charge in [0.2, 0.25) is 0 Å². The number of ketones is 1. The Bertz CT molecular complexity index is 331. The fourth-order valence-electron chi connectivity index (χ4n) is 1.30. The van der Waals surface area contributed by atoms with Crippen LogP contribution in [0.25, 0.3) is 0 Å². The first kappa shape index (κ1) is 13.4. The molecule has 0 aromatic rings. The minimum Gasteiger partial charge on any atom is -0.295 e. The van der Waals surface area contributed by atoms with Crippen molar-refractivity contribution >= 4 is 15.6 Å². The van der Waals surface area contributed by atoms with Crippen molar-refractivity contribution < 1.29 is 13.2 Å². The predicted molar refractivity (Wildman–Crippen MR) is 57.9 cm³/mol. The number of hydrogen-bond acceptors (Lipinski definition) is 3. The summed E-state index contributed by atoms with van der Waals surface area (Å²) < 4.78 is 22.9. The van der Waals surface area contributed by atoms with Gasteiger partial charge < -0.3 is 0 Å². The van der Waals surface area contributed by atoms with Crippen LogP contribution in [0.4, 0.5) is 0 Å². The van der Waals surface area contributed by atoms with E-state index in [0.29, 0.717) is 0 Å². The number of rotatable bonds is 3. The van der Waals surface area contributed by atoms with Crippen molar-refractivity contribution in [2.24, 2.45) is 5.41 Å². The van der Waals surface area contributed by atoms with Crippen LogP contribution in [0.3, 0.4) is 0 Å². The lowest BCUT2D eigenvalue weighted by Crippen LogP contribution is -2.32. The Kier molecular flexibility index (Phi) is 4.06. The molecule has 0 aromatic carbocycles. The molecular formula is C10H18O3S. The van der Waals surface area contributed by atoms with Crippen LogP contribution in [0.15, 0.2) is 12.2 Å². The Labute approximate surface area is 86.1 Å². The molecular weight excluding hydrogens is 200 g/mol. The average molecular weight is 218 g/mol. The highest BCUT2D eigenvalue weighted by atomic mass is 32.2. The van der Waals surface area contributed by atoms with Gasteiger partial charge in [0.1, 0.15) is 0 Å². The Balaban J connectivity index is 5.06. The van der Waals surface area contributed by atoms with E-state index < -0.39 is 15.1 Å². The molecule has 0 aromatic heterocycles. The molecule has 1 unspecified atom stereocenters. The zero-order valence-electron chi connectivity index (χ0n) is 9.37. The molecule has 0 aliphatic heterocycles. The van der Waals surface area contributed by atoms with E-state index in [4.69, 9.17) is 0 Å². The van der Waals surface area contributed by atoms with Gasteiger partial charge in [-0.2, -0.15) is 0 Å². The highest BCUT2D eigenvalue weighted by Gasteiger charge is 2.30. The summed E-state index contributed by atoms with van der Waals surface area (Å²) >= 11 is 0. The second kappa shape index (κ2) is 4.26. The second-order valence-electron chi connectivity index (χ2n) is 4.59. The highest BCUT2D eigenvalue weighted by Crippen LogP contribution is 2.26. The molecule has 0 rings (SSSR count). The van der Waals surface area contributed by atoms with Gasteiger partial charge in [-0.3, -0.25) is 4.79 Å². The topological polar surface area (TPSA) is 51.2 Å². The molecule has 14 heavy (non-hydrogen) atoms. The molecule has 0 spiro atoms. The lowest BCUT2D eigenvalue weighted by molar-refractivity contribution is -0.112. The molecule has 0 heterocycles. The minimum absolute atomic E-state index is 0.136. The molecule has 0 saturated heterocycles. The van der Waals surface area contributed by atoms with Crippen molar-refractivity contribution in [1.29, 1.82) is 0 Å². The Morgan fingerprint density at radius 3 is 1.93 bits per heavy atom. The van der Waals surface area contributed by atoms with Crippen molar-refractivity contribution in [2.45, 2.75) is 32.9 Å². The first-order chi connectivity index (χ1) is 6.05. The maximum absolute atomic E-state index is 11.4. The van der Waals surface area contributed by atoms with E-state index in [1.54, 1.807) is 0 Å². The third-order valence-corrected chi connectivity index (χ3v) is 3.61. The van der Waals surface area contributed by atoms with Gasteiger partial charge in [-0.1, -0.05) is 26.8 Å². The van der Waals surface area contributed by atoms with Crippen molar-refractivity contribution in [3.05, 3.63) is 12.2 Å². The highest BCUT2D eigenvalue weighted by molar-refractivity contribution is 7.91. The van der Waals surface area contributed by atoms with Crippen LogP contribution in [0.5, 0.6) is 0 Å². The summed E-state index contributed by atoms with van der Waals surface area (Å²) in [7, 11) is -3.16. The van der Waals surface area contributed by atoms with E-state index in [1.165, 1.54) is 25.3 Å². The Morgan fingerprint density at radius 1 is 1.29 bits per heavy atom. The van der Waals surface area contributed by atoms with Crippen LogP contribution < -0.4 is 0 Å². The van der Waals surface area contributed by atoms with Gasteiger partial charge in [0.15, 0.2) is 15.6 Å². The number of carbonyl (C=O) groups excluding carboxylic acids is 1. The third-order valence-electron chi connectivity index (χ3n) is 1.82. The summed E-state index contributed by atoms with van der Waals surface area (Å²) in [6.07, 6.45) is 3.97. The largest absolute Gasteiger partial charge is 0.295 e. The van der Waals surface area contributed by atoms with Gasteiger partial charge in [0.25, 0.3) is 0 Å². The molecule has 0 saturated carbocycles. The van der Waals surface area contributed by atoms with Gasteiger partial charge in [0, 0.05) is 6.26 Å². The maximum Gasteiger partial charge on any atom is 0.154 e.